The van der Waals surface area contributed by atoms with Gasteiger partial charge < -0.3 is 15.4 Å². The normalized spacial score (nSPS) is 13.4. The summed E-state index contributed by atoms with van der Waals surface area (Å²) in [4.78, 5) is 40.0. The van der Waals surface area contributed by atoms with Crippen molar-refractivity contribution in [2.75, 3.05) is 5.75 Å². The summed E-state index contributed by atoms with van der Waals surface area (Å²) in [6.45, 7) is 14.4. The Labute approximate surface area is 197 Å². The van der Waals surface area contributed by atoms with Gasteiger partial charge in [-0.1, -0.05) is 24.6 Å². The zero-order chi connectivity index (χ0) is 24.9. The third-order valence-electron chi connectivity index (χ3n) is 4.37. The molecule has 0 saturated heterocycles. The quantitative estimate of drug-likeness (QED) is 0.344. The zero-order valence-electron chi connectivity index (χ0n) is 20.2. The molecule has 1 aromatic rings. The average Bonchev–Trinajstić information content (AvgIpc) is 2.62. The maximum absolute atomic E-state index is 13.4. The highest BCUT2D eigenvalue weighted by atomic mass is 32.1. The molecule has 32 heavy (non-hydrogen) atoms. The molecule has 0 saturated carbocycles. The fourth-order valence-electron chi connectivity index (χ4n) is 3.14. The number of rotatable bonds is 6. The van der Waals surface area contributed by atoms with Gasteiger partial charge in [0.2, 0.25) is 5.91 Å². The topological polar surface area (TPSA) is 87.7 Å². The first-order valence-electron chi connectivity index (χ1n) is 10.4. The summed E-state index contributed by atoms with van der Waals surface area (Å²) in [6, 6.07) is 5.76. The van der Waals surface area contributed by atoms with Crippen LogP contribution < -0.4 is 10.6 Å². The number of ether oxygens (including phenoxy) is 1. The van der Waals surface area contributed by atoms with Crippen molar-refractivity contribution in [2.24, 2.45) is 0 Å². The highest BCUT2D eigenvalue weighted by Crippen LogP contribution is 2.28. The molecule has 2 N–H and O–H groups in total. The van der Waals surface area contributed by atoms with E-state index in [4.69, 9.17) is 11.2 Å². The number of alkyl carbamates (subject to hydrolysis) is 1. The molecule has 176 valence electrons. The van der Waals surface area contributed by atoms with Crippen molar-refractivity contribution < 1.29 is 19.1 Å². The van der Waals surface area contributed by atoms with E-state index in [0.717, 1.165) is 16.0 Å². The van der Waals surface area contributed by atoms with E-state index >= 15 is 0 Å². The predicted octanol–water partition coefficient (Wildman–Crippen LogP) is 3.50. The molecule has 0 spiro atoms. The molecule has 8 heteroatoms. The SMILES string of the molecule is C#CN(C(=O)C(CS)NC(=O)OC(C)(C)C)C(C(=O)NC(C)(C)C)c1c(C)cccc1C. The lowest BCUT2D eigenvalue weighted by atomic mass is 9.93. The Morgan fingerprint density at radius 3 is 2.06 bits per heavy atom. The van der Waals surface area contributed by atoms with Crippen LogP contribution in [0.25, 0.3) is 0 Å². The van der Waals surface area contributed by atoms with Crippen LogP contribution in [-0.2, 0) is 14.3 Å². The molecule has 0 aliphatic rings. The van der Waals surface area contributed by atoms with E-state index in [1.54, 1.807) is 20.8 Å². The molecule has 0 heterocycles. The molecule has 2 atom stereocenters. The van der Waals surface area contributed by atoms with Crippen LogP contribution in [0, 0.1) is 26.3 Å². The molecular weight excluding hydrogens is 426 g/mol. The van der Waals surface area contributed by atoms with Gasteiger partial charge in [-0.2, -0.15) is 12.6 Å². The molecule has 7 nitrogen and oxygen atoms in total. The van der Waals surface area contributed by atoms with Crippen LogP contribution >= 0.6 is 12.6 Å². The van der Waals surface area contributed by atoms with Crippen LogP contribution in [0.4, 0.5) is 4.79 Å². The van der Waals surface area contributed by atoms with E-state index in [2.05, 4.69) is 29.3 Å². The molecule has 0 aliphatic carbocycles. The monoisotopic (exact) mass is 461 g/mol. The third-order valence-corrected chi connectivity index (χ3v) is 4.73. The maximum atomic E-state index is 13.4. The Hall–Kier alpha value is -2.66. The van der Waals surface area contributed by atoms with Gasteiger partial charge in [0.1, 0.15) is 17.7 Å². The second-order valence-corrected chi connectivity index (χ2v) is 10.0. The number of thiol groups is 1. The van der Waals surface area contributed by atoms with E-state index < -0.39 is 41.1 Å². The van der Waals surface area contributed by atoms with Gasteiger partial charge >= 0.3 is 6.09 Å². The van der Waals surface area contributed by atoms with Crippen molar-refractivity contribution in [2.45, 2.75) is 78.6 Å². The van der Waals surface area contributed by atoms with Crippen LogP contribution in [0.3, 0.4) is 0 Å². The number of nitrogens with one attached hydrogen (secondary N) is 2. The Morgan fingerprint density at radius 2 is 1.66 bits per heavy atom. The van der Waals surface area contributed by atoms with Gasteiger partial charge in [-0.15, -0.1) is 0 Å². The second kappa shape index (κ2) is 10.8. The Morgan fingerprint density at radius 1 is 1.12 bits per heavy atom. The van der Waals surface area contributed by atoms with Gasteiger partial charge in [0.05, 0.1) is 0 Å². The minimum atomic E-state index is -1.09. The fourth-order valence-corrected chi connectivity index (χ4v) is 3.39. The summed E-state index contributed by atoms with van der Waals surface area (Å²) in [6.07, 6.45) is 4.97. The smallest absolute Gasteiger partial charge is 0.408 e. The molecule has 2 unspecified atom stereocenters. The predicted molar refractivity (Wildman–Crippen MR) is 129 cm³/mol. The van der Waals surface area contributed by atoms with Crippen molar-refractivity contribution in [1.29, 1.82) is 0 Å². The summed E-state index contributed by atoms with van der Waals surface area (Å²) in [5.74, 6) is -1.09. The lowest BCUT2D eigenvalue weighted by Gasteiger charge is -2.33. The van der Waals surface area contributed by atoms with Crippen LogP contribution in [0.2, 0.25) is 0 Å². The van der Waals surface area contributed by atoms with Gasteiger partial charge in [0, 0.05) is 17.3 Å². The number of nitrogens with zero attached hydrogens (tertiary/aromatic N) is 1. The van der Waals surface area contributed by atoms with Gasteiger partial charge in [-0.05, 0) is 72.1 Å². The summed E-state index contributed by atoms with van der Waals surface area (Å²) in [5, 5.41) is 5.42. The summed E-state index contributed by atoms with van der Waals surface area (Å²) < 4.78 is 5.24. The third kappa shape index (κ3) is 7.79. The number of hydrogen-bond acceptors (Lipinski definition) is 5. The highest BCUT2D eigenvalue weighted by Gasteiger charge is 2.37. The van der Waals surface area contributed by atoms with E-state index in [9.17, 15) is 14.4 Å². The van der Waals surface area contributed by atoms with E-state index in [-0.39, 0.29) is 5.75 Å². The van der Waals surface area contributed by atoms with Crippen LogP contribution in [0.15, 0.2) is 18.2 Å². The minimum absolute atomic E-state index is 0.0311. The number of carbonyl (C=O) groups excluding carboxylic acids is 3. The largest absolute Gasteiger partial charge is 0.444 e. The maximum Gasteiger partial charge on any atom is 0.408 e. The Kier molecular flexibility index (Phi) is 9.22. The second-order valence-electron chi connectivity index (χ2n) is 9.67. The van der Waals surface area contributed by atoms with Gasteiger partial charge in [0.25, 0.3) is 5.91 Å². The molecule has 1 aromatic carbocycles. The molecule has 0 bridgehead atoms. The number of terminal acetylenes is 1. The molecule has 0 aliphatic heterocycles. The van der Waals surface area contributed by atoms with E-state index in [1.165, 1.54) is 0 Å². The first kappa shape index (κ1) is 27.4. The number of hydrogen-bond donors (Lipinski definition) is 3. The molecule has 0 aromatic heterocycles. The zero-order valence-corrected chi connectivity index (χ0v) is 21.1. The Balaban J connectivity index is 3.42. The van der Waals surface area contributed by atoms with Gasteiger partial charge in [-0.3, -0.25) is 14.5 Å². The highest BCUT2D eigenvalue weighted by molar-refractivity contribution is 7.80. The molecule has 1 rings (SSSR count). The summed E-state index contributed by atoms with van der Waals surface area (Å²) in [5.41, 5.74) is 0.973. The Bertz CT molecular complexity index is 874. The molecule has 3 amide bonds. The lowest BCUT2D eigenvalue weighted by molar-refractivity contribution is -0.138. The van der Waals surface area contributed by atoms with Crippen LogP contribution in [-0.4, -0.2) is 45.7 Å². The average molecular weight is 462 g/mol. The van der Waals surface area contributed by atoms with E-state index in [0.29, 0.717) is 5.56 Å². The number of amides is 3. The first-order valence-corrected chi connectivity index (χ1v) is 11.0. The fraction of sp³-hybridized carbons (Fsp3) is 0.542. The van der Waals surface area contributed by atoms with Crippen LogP contribution in [0.1, 0.15) is 64.3 Å². The molecule has 0 fully saturated rings. The van der Waals surface area contributed by atoms with Gasteiger partial charge in [-0.25, -0.2) is 4.79 Å². The number of benzene rings is 1. The number of carbonyl (C=O) groups is 3. The van der Waals surface area contributed by atoms with Crippen molar-refractivity contribution >= 4 is 30.5 Å². The van der Waals surface area contributed by atoms with E-state index in [1.807, 2.05) is 52.8 Å². The van der Waals surface area contributed by atoms with Crippen LogP contribution in [0.5, 0.6) is 0 Å². The molecule has 0 radical (unpaired) electrons. The first-order chi connectivity index (χ1) is 14.6. The number of aryl methyl sites for hydroxylation is 2. The summed E-state index contributed by atoms with van der Waals surface area (Å²) >= 11 is 4.20. The summed E-state index contributed by atoms with van der Waals surface area (Å²) in [7, 11) is 0. The lowest BCUT2D eigenvalue weighted by Crippen LogP contribution is -2.54. The molecular formula is C24H35N3O4S. The van der Waals surface area contributed by atoms with Crippen molar-refractivity contribution in [3.63, 3.8) is 0 Å². The van der Waals surface area contributed by atoms with Crippen molar-refractivity contribution in [3.05, 3.63) is 34.9 Å². The van der Waals surface area contributed by atoms with Crippen molar-refractivity contribution in [3.8, 4) is 12.5 Å². The minimum Gasteiger partial charge on any atom is -0.444 e. The van der Waals surface area contributed by atoms with Crippen molar-refractivity contribution in [1.82, 2.24) is 15.5 Å². The van der Waals surface area contributed by atoms with Gasteiger partial charge in [0.15, 0.2) is 0 Å². The standard InChI is InChI=1S/C24H35N3O4S/c1-10-27(21(29)17(14-32)25-22(30)31-24(7,8)9)19(20(28)26-23(4,5)6)18-15(2)12-11-13-16(18)3/h1,11-13,17,19,32H,14H2,2-9H3,(H,25,30)(H,26,28).